The van der Waals surface area contributed by atoms with Crippen molar-refractivity contribution in [2.24, 2.45) is 5.92 Å². The molecule has 1 aromatic rings. The van der Waals surface area contributed by atoms with Crippen molar-refractivity contribution < 1.29 is 9.53 Å². The third-order valence-corrected chi connectivity index (χ3v) is 4.16. The summed E-state index contributed by atoms with van der Waals surface area (Å²) in [5.74, 6) is 0.447. The summed E-state index contributed by atoms with van der Waals surface area (Å²) in [5.41, 5.74) is 1.20. The zero-order valence-corrected chi connectivity index (χ0v) is 12.2. The van der Waals surface area contributed by atoms with E-state index in [1.807, 2.05) is 23.1 Å². The normalized spacial score (nSPS) is 20.8. The van der Waals surface area contributed by atoms with Gasteiger partial charge in [0.2, 0.25) is 5.91 Å². The summed E-state index contributed by atoms with van der Waals surface area (Å²) in [6.07, 6.45) is 0. The van der Waals surface area contributed by atoms with Crippen molar-refractivity contribution in [3.63, 3.8) is 0 Å². The van der Waals surface area contributed by atoms with Crippen molar-refractivity contribution in [3.8, 4) is 0 Å². The topological polar surface area (TPSA) is 32.8 Å². The average molecular weight is 295 g/mol. The Morgan fingerprint density at radius 3 is 2.75 bits per heavy atom. The quantitative estimate of drug-likeness (QED) is 0.849. The van der Waals surface area contributed by atoms with Crippen molar-refractivity contribution in [1.82, 2.24) is 9.80 Å². The van der Waals surface area contributed by atoms with Crippen molar-refractivity contribution >= 4 is 17.5 Å². The summed E-state index contributed by atoms with van der Waals surface area (Å²) in [7, 11) is 0. The first kappa shape index (κ1) is 13.9. The molecule has 0 spiro atoms. The minimum absolute atomic E-state index is 0.160. The molecule has 0 aromatic heterocycles. The number of morpholine rings is 1. The fourth-order valence-electron chi connectivity index (χ4n) is 2.79. The average Bonchev–Trinajstić information content (AvgIpc) is 2.43. The number of hydrogen-bond acceptors (Lipinski definition) is 3. The van der Waals surface area contributed by atoms with Crippen LogP contribution in [0.1, 0.15) is 5.56 Å². The van der Waals surface area contributed by atoms with Gasteiger partial charge < -0.3 is 9.64 Å². The van der Waals surface area contributed by atoms with Gasteiger partial charge in [-0.05, 0) is 17.7 Å². The van der Waals surface area contributed by atoms with E-state index >= 15 is 0 Å². The van der Waals surface area contributed by atoms with Crippen LogP contribution >= 0.6 is 11.6 Å². The Balaban J connectivity index is 1.47. The number of benzene rings is 1. The Labute approximate surface area is 124 Å². The van der Waals surface area contributed by atoms with Gasteiger partial charge in [0, 0.05) is 37.7 Å². The summed E-state index contributed by atoms with van der Waals surface area (Å²) < 4.78 is 5.28. The molecule has 2 aliphatic rings. The van der Waals surface area contributed by atoms with Crippen LogP contribution in [0, 0.1) is 5.92 Å². The van der Waals surface area contributed by atoms with Crippen LogP contribution in [0.2, 0.25) is 5.02 Å². The zero-order chi connectivity index (χ0) is 13.9. The van der Waals surface area contributed by atoms with Crippen molar-refractivity contribution in [2.45, 2.75) is 6.54 Å². The predicted octanol–water partition coefficient (Wildman–Crippen LogP) is 1.63. The van der Waals surface area contributed by atoms with Crippen LogP contribution in [-0.4, -0.2) is 55.1 Å². The van der Waals surface area contributed by atoms with Gasteiger partial charge >= 0.3 is 0 Å². The molecular formula is C15H19ClN2O2. The van der Waals surface area contributed by atoms with Gasteiger partial charge in [-0.15, -0.1) is 0 Å². The molecule has 0 aliphatic carbocycles. The minimum Gasteiger partial charge on any atom is -0.378 e. The number of amides is 1. The monoisotopic (exact) mass is 294 g/mol. The van der Waals surface area contributed by atoms with Gasteiger partial charge in [-0.3, -0.25) is 9.69 Å². The lowest BCUT2D eigenvalue weighted by atomic mass is 9.97. The maximum absolute atomic E-state index is 12.3. The van der Waals surface area contributed by atoms with E-state index < -0.39 is 0 Å². The number of hydrogen-bond donors (Lipinski definition) is 0. The van der Waals surface area contributed by atoms with Crippen molar-refractivity contribution in [1.29, 1.82) is 0 Å². The lowest BCUT2D eigenvalue weighted by molar-refractivity contribution is -0.145. The Kier molecular flexibility index (Phi) is 4.24. The number of halogens is 1. The number of nitrogens with zero attached hydrogens (tertiary/aromatic N) is 2. The van der Waals surface area contributed by atoms with Gasteiger partial charge in [-0.25, -0.2) is 0 Å². The maximum Gasteiger partial charge on any atom is 0.228 e. The molecule has 108 valence electrons. The minimum atomic E-state index is 0.160. The summed E-state index contributed by atoms with van der Waals surface area (Å²) >= 11 is 5.98. The molecule has 0 atom stereocenters. The van der Waals surface area contributed by atoms with E-state index in [9.17, 15) is 4.79 Å². The lowest BCUT2D eigenvalue weighted by Gasteiger charge is -2.41. The molecule has 2 fully saturated rings. The Morgan fingerprint density at radius 1 is 1.30 bits per heavy atom. The smallest absolute Gasteiger partial charge is 0.228 e. The van der Waals surface area contributed by atoms with Gasteiger partial charge in [0.25, 0.3) is 0 Å². The molecule has 0 bridgehead atoms. The van der Waals surface area contributed by atoms with Crippen LogP contribution in [0.15, 0.2) is 24.3 Å². The number of rotatable bonds is 3. The van der Waals surface area contributed by atoms with Gasteiger partial charge in [0.1, 0.15) is 0 Å². The summed E-state index contributed by atoms with van der Waals surface area (Å²) in [6, 6.07) is 7.90. The van der Waals surface area contributed by atoms with E-state index in [1.54, 1.807) is 0 Å². The van der Waals surface area contributed by atoms with Crippen molar-refractivity contribution in [2.75, 3.05) is 39.4 Å². The molecule has 3 rings (SSSR count). The highest BCUT2D eigenvalue weighted by Gasteiger charge is 2.35. The number of ether oxygens (including phenoxy) is 1. The van der Waals surface area contributed by atoms with E-state index in [4.69, 9.17) is 16.3 Å². The summed E-state index contributed by atoms with van der Waals surface area (Å²) in [6.45, 7) is 5.39. The molecular weight excluding hydrogens is 276 g/mol. The fraction of sp³-hybridized carbons (Fsp3) is 0.533. The zero-order valence-electron chi connectivity index (χ0n) is 11.4. The highest BCUT2D eigenvalue weighted by Crippen LogP contribution is 2.22. The largest absolute Gasteiger partial charge is 0.378 e. The molecule has 0 saturated carbocycles. The molecule has 5 heteroatoms. The Hall–Kier alpha value is -1.10. The van der Waals surface area contributed by atoms with E-state index in [1.165, 1.54) is 5.56 Å². The van der Waals surface area contributed by atoms with Gasteiger partial charge in [0.15, 0.2) is 0 Å². The molecule has 1 aromatic carbocycles. The van der Waals surface area contributed by atoms with Crippen LogP contribution in [0.3, 0.4) is 0 Å². The highest BCUT2D eigenvalue weighted by molar-refractivity contribution is 6.30. The molecule has 0 unspecified atom stereocenters. The first-order valence-electron chi connectivity index (χ1n) is 7.06. The third kappa shape index (κ3) is 3.14. The Morgan fingerprint density at radius 2 is 2.05 bits per heavy atom. The molecule has 1 amide bonds. The van der Waals surface area contributed by atoms with Crippen LogP contribution in [0.4, 0.5) is 0 Å². The number of carbonyl (C=O) groups is 1. The first-order chi connectivity index (χ1) is 9.72. The van der Waals surface area contributed by atoms with E-state index in [-0.39, 0.29) is 11.8 Å². The second kappa shape index (κ2) is 6.12. The van der Waals surface area contributed by atoms with Crippen LogP contribution in [0.5, 0.6) is 0 Å². The number of likely N-dealkylation sites (tertiary alicyclic amines) is 1. The summed E-state index contributed by atoms with van der Waals surface area (Å²) in [5, 5.41) is 0.768. The summed E-state index contributed by atoms with van der Waals surface area (Å²) in [4.78, 5) is 16.5. The second-order valence-electron chi connectivity index (χ2n) is 5.46. The molecule has 2 aliphatic heterocycles. The standard InChI is InChI=1S/C15H19ClN2O2/c16-14-3-1-2-12(8-14)9-17-10-13(11-17)15(19)18-4-6-20-7-5-18/h1-3,8,13H,4-7,9-11H2. The predicted molar refractivity (Wildman–Crippen MR) is 77.6 cm³/mol. The van der Waals surface area contributed by atoms with Crippen LogP contribution in [-0.2, 0) is 16.1 Å². The van der Waals surface area contributed by atoms with Crippen LogP contribution < -0.4 is 0 Å². The number of carbonyl (C=O) groups excluding carboxylic acids is 1. The lowest BCUT2D eigenvalue weighted by Crippen LogP contribution is -2.55. The van der Waals surface area contributed by atoms with Gasteiger partial charge in [-0.1, -0.05) is 23.7 Å². The molecule has 20 heavy (non-hydrogen) atoms. The third-order valence-electron chi connectivity index (χ3n) is 3.92. The Bertz CT molecular complexity index is 483. The molecule has 4 nitrogen and oxygen atoms in total. The van der Waals surface area contributed by atoms with Gasteiger partial charge in [-0.2, -0.15) is 0 Å². The fourth-order valence-corrected chi connectivity index (χ4v) is 3.00. The molecule has 2 saturated heterocycles. The first-order valence-corrected chi connectivity index (χ1v) is 7.43. The van der Waals surface area contributed by atoms with Gasteiger partial charge in [0.05, 0.1) is 19.1 Å². The SMILES string of the molecule is O=C(C1CN(Cc2cccc(Cl)c2)C1)N1CCOCC1. The van der Waals surface area contributed by atoms with E-state index in [0.717, 1.165) is 37.7 Å². The second-order valence-corrected chi connectivity index (χ2v) is 5.90. The van der Waals surface area contributed by atoms with E-state index in [2.05, 4.69) is 11.0 Å². The van der Waals surface area contributed by atoms with Crippen molar-refractivity contribution in [3.05, 3.63) is 34.9 Å². The van der Waals surface area contributed by atoms with Crippen LogP contribution in [0.25, 0.3) is 0 Å². The molecule has 0 radical (unpaired) electrons. The molecule has 2 heterocycles. The van der Waals surface area contributed by atoms with E-state index in [0.29, 0.717) is 13.2 Å². The maximum atomic E-state index is 12.3. The highest BCUT2D eigenvalue weighted by atomic mass is 35.5. The molecule has 0 N–H and O–H groups in total.